The number of nitrogens with zero attached hydrogens (tertiary/aromatic N) is 3. The van der Waals surface area contributed by atoms with E-state index in [1.807, 2.05) is 25.1 Å². The summed E-state index contributed by atoms with van der Waals surface area (Å²) in [5.41, 5.74) is 0.200. The number of hydrogen-bond donors (Lipinski definition) is 1. The highest BCUT2D eigenvalue weighted by Crippen LogP contribution is 2.15. The summed E-state index contributed by atoms with van der Waals surface area (Å²) in [4.78, 5) is 43.3. The van der Waals surface area contributed by atoms with Gasteiger partial charge in [0.25, 0.3) is 5.91 Å². The number of aromatic nitrogens is 2. The number of amides is 1. The van der Waals surface area contributed by atoms with E-state index < -0.39 is 11.1 Å². The van der Waals surface area contributed by atoms with E-state index in [4.69, 9.17) is 4.42 Å². The summed E-state index contributed by atoms with van der Waals surface area (Å²) in [5, 5.41) is 0. The summed E-state index contributed by atoms with van der Waals surface area (Å²) in [6.45, 7) is 3.75. The van der Waals surface area contributed by atoms with Crippen LogP contribution in [0.3, 0.4) is 0 Å². The predicted molar refractivity (Wildman–Crippen MR) is 107 cm³/mol. The molecule has 2 heterocycles. The van der Waals surface area contributed by atoms with Crippen LogP contribution >= 0.6 is 0 Å². The minimum absolute atomic E-state index is 0.171. The number of nitrogens with one attached hydrogen (secondary N) is 1. The molecule has 3 aromatic rings. The van der Waals surface area contributed by atoms with Gasteiger partial charge in [-0.25, -0.2) is 0 Å². The second-order valence-corrected chi connectivity index (χ2v) is 6.84. The van der Waals surface area contributed by atoms with Crippen molar-refractivity contribution in [3.63, 3.8) is 0 Å². The topological polar surface area (TPSA) is 91.5 Å². The first kappa shape index (κ1) is 19.6. The molecule has 1 aromatic carbocycles. The molecule has 8 nitrogen and oxygen atoms in total. The van der Waals surface area contributed by atoms with Gasteiger partial charge in [0.1, 0.15) is 5.76 Å². The summed E-state index contributed by atoms with van der Waals surface area (Å²) < 4.78 is 6.79. The maximum Gasteiger partial charge on any atom is 0.316 e. The van der Waals surface area contributed by atoms with Crippen molar-refractivity contribution in [3.8, 4) is 0 Å². The second-order valence-electron chi connectivity index (χ2n) is 6.84. The number of H-pyrrole nitrogens is 1. The molecule has 28 heavy (non-hydrogen) atoms. The molecular weight excluding hydrogens is 360 g/mol. The number of rotatable bonds is 7. The largest absolute Gasteiger partial charge is 0.467 e. The van der Waals surface area contributed by atoms with Gasteiger partial charge in [0.2, 0.25) is 0 Å². The zero-order chi connectivity index (χ0) is 20.3. The van der Waals surface area contributed by atoms with Crippen LogP contribution in [0.25, 0.3) is 11.0 Å². The summed E-state index contributed by atoms with van der Waals surface area (Å²) in [5.74, 6) is 0.524. The second kappa shape index (κ2) is 8.26. The van der Waals surface area contributed by atoms with Crippen molar-refractivity contribution in [1.29, 1.82) is 0 Å². The Hall–Kier alpha value is -3.13. The van der Waals surface area contributed by atoms with E-state index in [1.54, 1.807) is 42.4 Å². The number of aryl methyl sites for hydroxylation is 1. The third-order valence-electron chi connectivity index (χ3n) is 4.57. The maximum absolute atomic E-state index is 13.1. The molecule has 0 unspecified atom stereocenters. The Morgan fingerprint density at radius 3 is 2.61 bits per heavy atom. The molecule has 0 aliphatic rings. The van der Waals surface area contributed by atoms with Crippen LogP contribution in [0, 0.1) is 0 Å². The molecule has 8 heteroatoms. The van der Waals surface area contributed by atoms with Crippen LogP contribution in [0.2, 0.25) is 0 Å². The lowest BCUT2D eigenvalue weighted by Crippen LogP contribution is -2.37. The Bertz CT molecular complexity index is 1080. The molecule has 0 aliphatic carbocycles. The Labute approximate surface area is 162 Å². The van der Waals surface area contributed by atoms with Gasteiger partial charge in [0, 0.05) is 25.2 Å². The van der Waals surface area contributed by atoms with E-state index in [2.05, 4.69) is 4.98 Å². The molecule has 0 radical (unpaired) electrons. The monoisotopic (exact) mass is 384 g/mol. The van der Waals surface area contributed by atoms with Gasteiger partial charge in [0.05, 0.1) is 23.8 Å². The van der Waals surface area contributed by atoms with E-state index in [9.17, 15) is 14.4 Å². The van der Waals surface area contributed by atoms with Crippen molar-refractivity contribution in [2.75, 3.05) is 27.2 Å². The van der Waals surface area contributed by atoms with E-state index in [0.29, 0.717) is 48.5 Å². The van der Waals surface area contributed by atoms with Crippen molar-refractivity contribution in [3.05, 3.63) is 68.6 Å². The quantitative estimate of drug-likeness (QED) is 0.624. The summed E-state index contributed by atoms with van der Waals surface area (Å²) in [7, 11) is 3.89. The molecule has 1 amide bonds. The molecular formula is C20H24N4O4. The Morgan fingerprint density at radius 1 is 1.18 bits per heavy atom. The third-order valence-corrected chi connectivity index (χ3v) is 4.57. The molecule has 0 saturated carbocycles. The van der Waals surface area contributed by atoms with E-state index in [1.165, 1.54) is 4.57 Å². The number of hydrogen-bond acceptors (Lipinski definition) is 5. The number of benzene rings is 1. The van der Waals surface area contributed by atoms with Gasteiger partial charge in [-0.05, 0) is 51.4 Å². The van der Waals surface area contributed by atoms with Crippen LogP contribution in [0.1, 0.15) is 23.0 Å². The van der Waals surface area contributed by atoms with Crippen LogP contribution in [0.5, 0.6) is 0 Å². The number of aromatic amines is 1. The van der Waals surface area contributed by atoms with Crippen LogP contribution in [0.15, 0.2) is 50.6 Å². The number of carbonyl (C=O) groups is 1. The lowest BCUT2D eigenvalue weighted by molar-refractivity contribution is 0.0720. The zero-order valence-corrected chi connectivity index (χ0v) is 16.3. The Kier molecular flexibility index (Phi) is 5.79. The fourth-order valence-corrected chi connectivity index (χ4v) is 3.07. The van der Waals surface area contributed by atoms with Gasteiger partial charge in [0.15, 0.2) is 0 Å². The van der Waals surface area contributed by atoms with Crippen molar-refractivity contribution in [1.82, 2.24) is 19.4 Å². The van der Waals surface area contributed by atoms with Gasteiger partial charge in [-0.2, -0.15) is 0 Å². The smallest absolute Gasteiger partial charge is 0.316 e. The van der Waals surface area contributed by atoms with E-state index >= 15 is 0 Å². The highest BCUT2D eigenvalue weighted by molar-refractivity contribution is 5.97. The molecule has 0 fully saturated rings. The predicted octanol–water partition coefficient (Wildman–Crippen LogP) is 1.51. The van der Waals surface area contributed by atoms with Crippen LogP contribution in [-0.2, 0) is 13.1 Å². The van der Waals surface area contributed by atoms with Crippen molar-refractivity contribution in [2.24, 2.45) is 0 Å². The molecule has 0 bridgehead atoms. The molecule has 1 N–H and O–H groups in total. The average molecular weight is 384 g/mol. The lowest BCUT2D eigenvalue weighted by atomic mass is 10.1. The maximum atomic E-state index is 13.1. The molecule has 148 valence electrons. The average Bonchev–Trinajstić information content (AvgIpc) is 3.18. The third kappa shape index (κ3) is 4.07. The number of carbonyl (C=O) groups excluding carboxylic acids is 1. The first-order valence-electron chi connectivity index (χ1n) is 9.14. The Balaban J connectivity index is 1.97. The molecule has 2 aromatic heterocycles. The van der Waals surface area contributed by atoms with Crippen LogP contribution in [0.4, 0.5) is 0 Å². The number of likely N-dealkylation sites (N-methyl/N-ethyl adjacent to an activating group) is 1. The fourth-order valence-electron chi connectivity index (χ4n) is 3.07. The molecule has 3 rings (SSSR count). The molecule has 0 atom stereocenters. The van der Waals surface area contributed by atoms with Crippen molar-refractivity contribution >= 4 is 16.9 Å². The number of furan rings is 1. The molecule has 0 spiro atoms. The van der Waals surface area contributed by atoms with Crippen molar-refractivity contribution in [2.45, 2.75) is 20.0 Å². The SMILES string of the molecule is CCn1c(=O)c(=O)[nH]c2cc(C(=O)N(CCN(C)C)Cc3ccco3)ccc21. The standard InChI is InChI=1S/C20H24N4O4/c1-4-24-17-8-7-14(12-16(17)21-18(25)20(24)27)19(26)23(10-9-22(2)3)13-15-6-5-11-28-15/h5-8,11-12H,4,9-10,13H2,1-3H3,(H,21,25). The molecule has 0 saturated heterocycles. The van der Waals surface area contributed by atoms with Gasteiger partial charge in [-0.1, -0.05) is 0 Å². The van der Waals surface area contributed by atoms with Crippen LogP contribution in [-0.4, -0.2) is 52.4 Å². The summed E-state index contributed by atoms with van der Waals surface area (Å²) >= 11 is 0. The van der Waals surface area contributed by atoms with Crippen molar-refractivity contribution < 1.29 is 9.21 Å². The fraction of sp³-hybridized carbons (Fsp3) is 0.350. The highest BCUT2D eigenvalue weighted by atomic mass is 16.3. The van der Waals surface area contributed by atoms with Gasteiger partial charge < -0.3 is 23.8 Å². The lowest BCUT2D eigenvalue weighted by Gasteiger charge is -2.24. The summed E-state index contributed by atoms with van der Waals surface area (Å²) in [6.07, 6.45) is 1.58. The first-order chi connectivity index (χ1) is 13.4. The van der Waals surface area contributed by atoms with Gasteiger partial charge in [-0.15, -0.1) is 0 Å². The minimum Gasteiger partial charge on any atom is -0.467 e. The normalized spacial score (nSPS) is 11.3. The van der Waals surface area contributed by atoms with Crippen LogP contribution < -0.4 is 11.1 Å². The Morgan fingerprint density at radius 2 is 1.96 bits per heavy atom. The van der Waals surface area contributed by atoms with E-state index in [0.717, 1.165) is 0 Å². The van der Waals surface area contributed by atoms with Gasteiger partial charge in [-0.3, -0.25) is 14.4 Å². The van der Waals surface area contributed by atoms with Gasteiger partial charge >= 0.3 is 11.1 Å². The first-order valence-corrected chi connectivity index (χ1v) is 9.14. The minimum atomic E-state index is -0.695. The summed E-state index contributed by atoms with van der Waals surface area (Å²) in [6, 6.07) is 8.61. The van der Waals surface area contributed by atoms with E-state index in [-0.39, 0.29) is 5.91 Å². The zero-order valence-electron chi connectivity index (χ0n) is 16.3. The number of fused-ring (bicyclic) bond motifs is 1. The highest BCUT2D eigenvalue weighted by Gasteiger charge is 2.19. The molecule has 0 aliphatic heterocycles.